The molecule has 1 saturated carbocycles. The Morgan fingerprint density at radius 2 is 2.09 bits per heavy atom. The van der Waals surface area contributed by atoms with Crippen LogP contribution in [0.15, 0.2) is 24.5 Å². The molecule has 1 aliphatic carbocycles. The largest absolute Gasteiger partial charge is 0.446 e. The lowest BCUT2D eigenvalue weighted by Crippen LogP contribution is -2.37. The summed E-state index contributed by atoms with van der Waals surface area (Å²) in [6.45, 7) is 2.80. The monoisotopic (exact) mass is 437 g/mol. The number of nitrogens with two attached hydrogens (primary N) is 1. The summed E-state index contributed by atoms with van der Waals surface area (Å²) in [5, 5.41) is 16.4. The van der Waals surface area contributed by atoms with Crippen molar-refractivity contribution in [2.75, 3.05) is 22.9 Å². The van der Waals surface area contributed by atoms with Crippen LogP contribution in [0, 0.1) is 12.7 Å². The van der Waals surface area contributed by atoms with Crippen molar-refractivity contribution in [1.29, 1.82) is 0 Å². The second-order valence-electron chi connectivity index (χ2n) is 8.37. The van der Waals surface area contributed by atoms with Gasteiger partial charge in [0, 0.05) is 48.3 Å². The molecular formula is C23H24FN5O3. The van der Waals surface area contributed by atoms with Crippen molar-refractivity contribution in [3.63, 3.8) is 0 Å². The number of carbonyl (C=O) groups is 1. The van der Waals surface area contributed by atoms with Crippen molar-refractivity contribution >= 4 is 34.1 Å². The molecule has 0 bridgehead atoms. The number of hydrogen-bond donors (Lipinski definition) is 4. The highest BCUT2D eigenvalue weighted by Gasteiger charge is 2.30. The lowest BCUT2D eigenvalue weighted by Gasteiger charge is -2.30. The van der Waals surface area contributed by atoms with Crippen molar-refractivity contribution in [3.8, 4) is 11.1 Å². The molecule has 3 heterocycles. The number of nitrogens with zero attached hydrogens (tertiary/aromatic N) is 2. The van der Waals surface area contributed by atoms with E-state index in [-0.39, 0.29) is 17.6 Å². The topological polar surface area (TPSA) is 122 Å². The van der Waals surface area contributed by atoms with Crippen LogP contribution < -0.4 is 16.4 Å². The zero-order chi connectivity index (χ0) is 22.4. The first-order valence-corrected chi connectivity index (χ1v) is 10.7. The average molecular weight is 437 g/mol. The van der Waals surface area contributed by atoms with Crippen LogP contribution in [0.25, 0.3) is 21.9 Å². The molecule has 166 valence electrons. The Balaban J connectivity index is 1.49. The first-order chi connectivity index (χ1) is 15.4. The standard InChI is InChI=1S/C23H24FN5O3/c1-11-16(9-27-18-3-2-4-26-22(11)18)15-5-12-6-19(28-10-17(12)21(25)20(15)24)29-23(31)32-14-7-13(30)8-14/h5-6,9-10,13-14,26,30H,2-4,7-8,25H2,1H3,(H,28,29,31)/t13-,14+. The molecule has 0 atom stereocenters. The molecule has 2 aromatic heterocycles. The van der Waals surface area contributed by atoms with Gasteiger partial charge in [-0.1, -0.05) is 0 Å². The summed E-state index contributed by atoms with van der Waals surface area (Å²) in [5.74, 6) is -0.259. The highest BCUT2D eigenvalue weighted by atomic mass is 19.1. The molecule has 1 amide bonds. The van der Waals surface area contributed by atoms with Crippen LogP contribution in [0.5, 0.6) is 0 Å². The minimum absolute atomic E-state index is 0.00679. The summed E-state index contributed by atoms with van der Waals surface area (Å²) < 4.78 is 20.5. The van der Waals surface area contributed by atoms with E-state index in [0.29, 0.717) is 34.7 Å². The number of hydrogen-bond acceptors (Lipinski definition) is 7. The number of aryl methyl sites for hydroxylation is 1. The van der Waals surface area contributed by atoms with Gasteiger partial charge in [0.25, 0.3) is 0 Å². The second kappa shape index (κ2) is 7.90. The number of pyridine rings is 2. The number of fused-ring (bicyclic) bond motifs is 2. The predicted octanol–water partition coefficient (Wildman–Crippen LogP) is 3.76. The molecular weight excluding hydrogens is 413 g/mol. The minimum Gasteiger partial charge on any atom is -0.446 e. The Kier molecular flexibility index (Phi) is 5.05. The molecule has 32 heavy (non-hydrogen) atoms. The van der Waals surface area contributed by atoms with E-state index in [4.69, 9.17) is 10.5 Å². The number of amides is 1. The van der Waals surface area contributed by atoms with Crippen LogP contribution in [-0.4, -0.2) is 39.9 Å². The Hall–Kier alpha value is -3.46. The van der Waals surface area contributed by atoms with Crippen LogP contribution in [0.3, 0.4) is 0 Å². The van der Waals surface area contributed by atoms with E-state index in [1.54, 1.807) is 18.3 Å². The quantitative estimate of drug-likeness (QED) is 0.460. The van der Waals surface area contributed by atoms with Gasteiger partial charge in [0.1, 0.15) is 11.9 Å². The molecule has 3 aromatic rings. The smallest absolute Gasteiger partial charge is 0.413 e. The Labute approximate surface area is 184 Å². The van der Waals surface area contributed by atoms with Gasteiger partial charge in [-0.25, -0.2) is 14.2 Å². The number of nitrogen functional groups attached to an aromatic ring is 1. The van der Waals surface area contributed by atoms with E-state index in [2.05, 4.69) is 20.6 Å². The van der Waals surface area contributed by atoms with Crippen molar-refractivity contribution in [2.24, 2.45) is 0 Å². The summed E-state index contributed by atoms with van der Waals surface area (Å²) in [5.41, 5.74) is 9.98. The van der Waals surface area contributed by atoms with Crippen LogP contribution in [0.2, 0.25) is 0 Å². The zero-order valence-corrected chi connectivity index (χ0v) is 17.6. The van der Waals surface area contributed by atoms with Crippen LogP contribution in [0.1, 0.15) is 30.5 Å². The number of benzene rings is 1. The molecule has 0 saturated heterocycles. The van der Waals surface area contributed by atoms with E-state index in [1.807, 2.05) is 6.92 Å². The molecule has 0 unspecified atom stereocenters. The lowest BCUT2D eigenvalue weighted by molar-refractivity contribution is -0.0308. The van der Waals surface area contributed by atoms with Crippen LogP contribution >= 0.6 is 0 Å². The van der Waals surface area contributed by atoms with Crippen LogP contribution in [-0.2, 0) is 11.2 Å². The number of aromatic nitrogens is 2. The first kappa shape index (κ1) is 20.4. The summed E-state index contributed by atoms with van der Waals surface area (Å²) >= 11 is 0. The van der Waals surface area contributed by atoms with Gasteiger partial charge < -0.3 is 20.9 Å². The predicted molar refractivity (Wildman–Crippen MR) is 120 cm³/mol. The molecule has 5 rings (SSSR count). The summed E-state index contributed by atoms with van der Waals surface area (Å²) in [6.07, 6.45) is 4.53. The Morgan fingerprint density at radius 3 is 2.88 bits per heavy atom. The van der Waals surface area contributed by atoms with Gasteiger partial charge in [-0.2, -0.15) is 0 Å². The van der Waals surface area contributed by atoms with Crippen LogP contribution in [0.4, 0.5) is 26.4 Å². The molecule has 5 N–H and O–H groups in total. The van der Waals surface area contributed by atoms with Gasteiger partial charge in [-0.3, -0.25) is 10.3 Å². The van der Waals surface area contributed by atoms with Gasteiger partial charge in [0.05, 0.1) is 23.2 Å². The van der Waals surface area contributed by atoms with Crippen molar-refractivity contribution in [1.82, 2.24) is 9.97 Å². The van der Waals surface area contributed by atoms with Gasteiger partial charge >= 0.3 is 6.09 Å². The summed E-state index contributed by atoms with van der Waals surface area (Å²) in [7, 11) is 0. The fourth-order valence-electron chi connectivity index (χ4n) is 4.30. The van der Waals surface area contributed by atoms with Crippen molar-refractivity contribution < 1.29 is 19.0 Å². The summed E-state index contributed by atoms with van der Waals surface area (Å²) in [6, 6.07) is 3.33. The third-order valence-electron chi connectivity index (χ3n) is 6.17. The maximum absolute atomic E-state index is 15.2. The fourth-order valence-corrected chi connectivity index (χ4v) is 4.30. The maximum Gasteiger partial charge on any atom is 0.413 e. The molecule has 0 radical (unpaired) electrons. The van der Waals surface area contributed by atoms with Gasteiger partial charge in [-0.15, -0.1) is 0 Å². The number of aliphatic hydroxyl groups is 1. The third kappa shape index (κ3) is 3.58. The maximum atomic E-state index is 15.2. The number of rotatable bonds is 3. The lowest BCUT2D eigenvalue weighted by atomic mass is 9.92. The van der Waals surface area contributed by atoms with Gasteiger partial charge in [-0.05, 0) is 42.8 Å². The number of anilines is 3. The van der Waals surface area contributed by atoms with Gasteiger partial charge in [0.2, 0.25) is 0 Å². The third-order valence-corrected chi connectivity index (χ3v) is 6.17. The van der Waals surface area contributed by atoms with E-state index < -0.39 is 18.0 Å². The molecule has 9 heteroatoms. The zero-order valence-electron chi connectivity index (χ0n) is 17.6. The SMILES string of the molecule is Cc1c(-c2cc3cc(NC(=O)O[C@H]4C[C@@H](O)C4)ncc3c(N)c2F)cnc2c1NCCC2. The number of nitrogens with one attached hydrogen (secondary N) is 2. The number of halogens is 1. The molecule has 1 fully saturated rings. The molecule has 1 aromatic carbocycles. The number of aliphatic hydroxyl groups excluding tert-OH is 1. The number of ether oxygens (including phenoxy) is 1. The average Bonchev–Trinajstić information content (AvgIpc) is 2.76. The minimum atomic E-state index is -0.648. The van der Waals surface area contributed by atoms with Crippen molar-refractivity contribution in [2.45, 2.75) is 44.8 Å². The van der Waals surface area contributed by atoms with Gasteiger partial charge in [0.15, 0.2) is 5.82 Å². The second-order valence-corrected chi connectivity index (χ2v) is 8.37. The fraction of sp³-hybridized carbons (Fsp3) is 0.348. The Morgan fingerprint density at radius 1 is 1.28 bits per heavy atom. The Bertz CT molecular complexity index is 1230. The molecule has 2 aliphatic rings. The highest BCUT2D eigenvalue weighted by Crippen LogP contribution is 2.38. The number of carbonyl (C=O) groups excluding carboxylic acids is 1. The molecule has 0 spiro atoms. The van der Waals surface area contributed by atoms with Crippen molar-refractivity contribution in [3.05, 3.63) is 41.6 Å². The molecule has 1 aliphatic heterocycles. The van der Waals surface area contributed by atoms with E-state index in [9.17, 15) is 9.90 Å². The van der Waals surface area contributed by atoms with E-state index in [0.717, 1.165) is 36.3 Å². The highest BCUT2D eigenvalue weighted by molar-refractivity contribution is 5.99. The first-order valence-electron chi connectivity index (χ1n) is 10.7. The normalized spacial score (nSPS) is 19.6. The summed E-state index contributed by atoms with van der Waals surface area (Å²) in [4.78, 5) is 20.8. The molecule has 8 nitrogen and oxygen atoms in total. The van der Waals surface area contributed by atoms with E-state index >= 15 is 4.39 Å². The van der Waals surface area contributed by atoms with E-state index in [1.165, 1.54) is 6.20 Å².